The van der Waals surface area contributed by atoms with Crippen molar-refractivity contribution in [1.29, 1.82) is 5.26 Å². The SMILES string of the molecule is CC(C)C(C)NCc1cccc(C#N)c1. The molecule has 1 aromatic carbocycles. The molecule has 0 bridgehead atoms. The Bertz CT molecular complexity index is 350. The van der Waals surface area contributed by atoms with E-state index in [1.54, 1.807) is 0 Å². The van der Waals surface area contributed by atoms with Gasteiger partial charge in [0.25, 0.3) is 0 Å². The van der Waals surface area contributed by atoms with Crippen molar-refractivity contribution in [1.82, 2.24) is 5.32 Å². The normalized spacial score (nSPS) is 12.5. The molecule has 2 nitrogen and oxygen atoms in total. The minimum Gasteiger partial charge on any atom is -0.310 e. The summed E-state index contributed by atoms with van der Waals surface area (Å²) in [5.41, 5.74) is 1.90. The Morgan fingerprint density at radius 3 is 2.67 bits per heavy atom. The first-order chi connectivity index (χ1) is 7.13. The standard InChI is InChI=1S/C13H18N2/c1-10(2)11(3)15-9-13-6-4-5-12(7-13)8-14/h4-7,10-11,15H,9H2,1-3H3. The number of hydrogen-bond acceptors (Lipinski definition) is 2. The molecule has 2 heteroatoms. The van der Waals surface area contributed by atoms with Crippen molar-refractivity contribution in [3.05, 3.63) is 35.4 Å². The molecule has 0 heterocycles. The van der Waals surface area contributed by atoms with Crippen molar-refractivity contribution >= 4 is 0 Å². The van der Waals surface area contributed by atoms with Crippen LogP contribution in [0.15, 0.2) is 24.3 Å². The lowest BCUT2D eigenvalue weighted by Gasteiger charge is -2.17. The molecule has 0 fully saturated rings. The van der Waals surface area contributed by atoms with Gasteiger partial charge in [-0.3, -0.25) is 0 Å². The van der Waals surface area contributed by atoms with E-state index in [0.717, 1.165) is 12.1 Å². The maximum absolute atomic E-state index is 8.76. The molecule has 1 rings (SSSR count). The number of nitriles is 1. The molecule has 0 radical (unpaired) electrons. The topological polar surface area (TPSA) is 35.8 Å². The second-order valence-electron chi connectivity index (χ2n) is 4.23. The summed E-state index contributed by atoms with van der Waals surface area (Å²) in [5, 5.41) is 12.2. The van der Waals surface area contributed by atoms with Crippen LogP contribution in [0.4, 0.5) is 0 Å². The number of rotatable bonds is 4. The van der Waals surface area contributed by atoms with E-state index in [9.17, 15) is 0 Å². The minimum atomic E-state index is 0.496. The van der Waals surface area contributed by atoms with Gasteiger partial charge in [-0.25, -0.2) is 0 Å². The van der Waals surface area contributed by atoms with Crippen molar-refractivity contribution < 1.29 is 0 Å². The van der Waals surface area contributed by atoms with Crippen molar-refractivity contribution in [3.8, 4) is 6.07 Å². The van der Waals surface area contributed by atoms with E-state index in [1.165, 1.54) is 5.56 Å². The molecule has 1 atom stereocenters. The van der Waals surface area contributed by atoms with Crippen LogP contribution in [0.5, 0.6) is 0 Å². The van der Waals surface area contributed by atoms with E-state index in [-0.39, 0.29) is 0 Å². The third-order valence-electron chi connectivity index (χ3n) is 2.68. The minimum absolute atomic E-state index is 0.496. The Balaban J connectivity index is 2.55. The van der Waals surface area contributed by atoms with E-state index >= 15 is 0 Å². The maximum Gasteiger partial charge on any atom is 0.0991 e. The number of benzene rings is 1. The summed E-state index contributed by atoms with van der Waals surface area (Å²) in [6, 6.07) is 10.4. The highest BCUT2D eigenvalue weighted by atomic mass is 14.9. The van der Waals surface area contributed by atoms with Gasteiger partial charge in [-0.1, -0.05) is 26.0 Å². The zero-order valence-corrected chi connectivity index (χ0v) is 9.62. The molecule has 0 aliphatic carbocycles. The Hall–Kier alpha value is -1.33. The number of hydrogen-bond donors (Lipinski definition) is 1. The summed E-state index contributed by atoms with van der Waals surface area (Å²) in [6.07, 6.45) is 0. The highest BCUT2D eigenvalue weighted by Gasteiger charge is 2.05. The largest absolute Gasteiger partial charge is 0.310 e. The van der Waals surface area contributed by atoms with Gasteiger partial charge in [-0.05, 0) is 30.5 Å². The van der Waals surface area contributed by atoms with Gasteiger partial charge >= 0.3 is 0 Å². The van der Waals surface area contributed by atoms with Crippen LogP contribution in [-0.4, -0.2) is 6.04 Å². The van der Waals surface area contributed by atoms with E-state index in [0.29, 0.717) is 12.0 Å². The van der Waals surface area contributed by atoms with E-state index in [1.807, 2.05) is 24.3 Å². The van der Waals surface area contributed by atoms with Crippen molar-refractivity contribution in [3.63, 3.8) is 0 Å². The third-order valence-corrected chi connectivity index (χ3v) is 2.68. The maximum atomic E-state index is 8.76. The second-order valence-corrected chi connectivity index (χ2v) is 4.23. The monoisotopic (exact) mass is 202 g/mol. The summed E-state index contributed by atoms with van der Waals surface area (Å²) in [6.45, 7) is 7.40. The fourth-order valence-corrected chi connectivity index (χ4v) is 1.27. The van der Waals surface area contributed by atoms with Crippen LogP contribution in [0, 0.1) is 17.2 Å². The molecule has 1 N–H and O–H groups in total. The lowest BCUT2D eigenvalue weighted by atomic mass is 10.1. The van der Waals surface area contributed by atoms with E-state index in [4.69, 9.17) is 5.26 Å². The van der Waals surface area contributed by atoms with Gasteiger partial charge in [0.05, 0.1) is 11.6 Å². The second kappa shape index (κ2) is 5.53. The van der Waals surface area contributed by atoms with Crippen LogP contribution in [0.1, 0.15) is 31.9 Å². The van der Waals surface area contributed by atoms with Gasteiger partial charge in [0, 0.05) is 12.6 Å². The smallest absolute Gasteiger partial charge is 0.0991 e. The highest BCUT2D eigenvalue weighted by Crippen LogP contribution is 2.06. The number of nitrogens with zero attached hydrogens (tertiary/aromatic N) is 1. The molecular formula is C13H18N2. The predicted molar refractivity (Wildman–Crippen MR) is 62.3 cm³/mol. The van der Waals surface area contributed by atoms with E-state index < -0.39 is 0 Å². The van der Waals surface area contributed by atoms with Crippen LogP contribution < -0.4 is 5.32 Å². The van der Waals surface area contributed by atoms with Crippen LogP contribution in [-0.2, 0) is 6.54 Å². The Kier molecular flexibility index (Phi) is 4.33. The van der Waals surface area contributed by atoms with Crippen LogP contribution in [0.3, 0.4) is 0 Å². The first-order valence-electron chi connectivity index (χ1n) is 5.36. The summed E-state index contributed by atoms with van der Waals surface area (Å²) in [4.78, 5) is 0. The molecule has 0 aromatic heterocycles. The zero-order valence-electron chi connectivity index (χ0n) is 9.62. The van der Waals surface area contributed by atoms with Gasteiger partial charge in [-0.2, -0.15) is 5.26 Å². The van der Waals surface area contributed by atoms with Crippen molar-refractivity contribution in [2.24, 2.45) is 5.92 Å². The molecule has 0 saturated carbocycles. The lowest BCUT2D eigenvalue weighted by Crippen LogP contribution is -2.30. The predicted octanol–water partition coefficient (Wildman–Crippen LogP) is 2.69. The molecule has 0 aliphatic rings. The van der Waals surface area contributed by atoms with Gasteiger partial charge < -0.3 is 5.32 Å². The molecule has 0 spiro atoms. The van der Waals surface area contributed by atoms with Gasteiger partial charge in [0.2, 0.25) is 0 Å². The number of nitrogens with one attached hydrogen (secondary N) is 1. The Labute approximate surface area is 91.9 Å². The molecule has 80 valence electrons. The van der Waals surface area contributed by atoms with Gasteiger partial charge in [0.15, 0.2) is 0 Å². The fraction of sp³-hybridized carbons (Fsp3) is 0.462. The first-order valence-corrected chi connectivity index (χ1v) is 5.36. The fourth-order valence-electron chi connectivity index (χ4n) is 1.27. The quantitative estimate of drug-likeness (QED) is 0.814. The average molecular weight is 202 g/mol. The summed E-state index contributed by atoms with van der Waals surface area (Å²) in [7, 11) is 0. The molecule has 0 amide bonds. The Morgan fingerprint density at radius 1 is 1.33 bits per heavy atom. The zero-order chi connectivity index (χ0) is 11.3. The molecule has 1 aromatic rings. The van der Waals surface area contributed by atoms with E-state index in [2.05, 4.69) is 32.2 Å². The molecule has 0 saturated heterocycles. The van der Waals surface area contributed by atoms with Crippen molar-refractivity contribution in [2.75, 3.05) is 0 Å². The first kappa shape index (κ1) is 11.7. The summed E-state index contributed by atoms with van der Waals surface area (Å²) < 4.78 is 0. The van der Waals surface area contributed by atoms with Crippen LogP contribution in [0.25, 0.3) is 0 Å². The van der Waals surface area contributed by atoms with Crippen LogP contribution >= 0.6 is 0 Å². The molecule has 15 heavy (non-hydrogen) atoms. The average Bonchev–Trinajstić information content (AvgIpc) is 2.26. The molecular weight excluding hydrogens is 184 g/mol. The van der Waals surface area contributed by atoms with Gasteiger partial charge in [0.1, 0.15) is 0 Å². The highest BCUT2D eigenvalue weighted by molar-refractivity contribution is 5.32. The summed E-state index contributed by atoms with van der Waals surface area (Å²) >= 11 is 0. The van der Waals surface area contributed by atoms with Crippen LogP contribution in [0.2, 0.25) is 0 Å². The lowest BCUT2D eigenvalue weighted by molar-refractivity contribution is 0.426. The molecule has 0 aliphatic heterocycles. The molecule has 1 unspecified atom stereocenters. The summed E-state index contributed by atoms with van der Waals surface area (Å²) in [5.74, 6) is 0.629. The third kappa shape index (κ3) is 3.73. The Morgan fingerprint density at radius 2 is 2.07 bits per heavy atom. The van der Waals surface area contributed by atoms with Gasteiger partial charge in [-0.15, -0.1) is 0 Å². The van der Waals surface area contributed by atoms with Crippen molar-refractivity contribution in [2.45, 2.75) is 33.4 Å².